The molecule has 2 saturated heterocycles. The highest BCUT2D eigenvalue weighted by molar-refractivity contribution is 5.85. The Labute approximate surface area is 127 Å². The van der Waals surface area contributed by atoms with Gasteiger partial charge in [0.15, 0.2) is 0 Å². The van der Waals surface area contributed by atoms with Gasteiger partial charge in [-0.2, -0.15) is 0 Å². The van der Waals surface area contributed by atoms with E-state index in [1.165, 1.54) is 25.7 Å². The monoisotopic (exact) mass is 299 g/mol. The third kappa shape index (κ3) is 2.46. The Morgan fingerprint density at radius 1 is 1.00 bits per heavy atom. The van der Waals surface area contributed by atoms with Gasteiger partial charge in [-0.05, 0) is 37.6 Å². The quantitative estimate of drug-likeness (QED) is 0.825. The van der Waals surface area contributed by atoms with E-state index in [9.17, 15) is 4.79 Å². The Bertz CT molecular complexity index is 354. The van der Waals surface area contributed by atoms with Gasteiger partial charge in [-0.25, -0.2) is 0 Å². The molecule has 4 nitrogen and oxygen atoms in total. The van der Waals surface area contributed by atoms with Gasteiger partial charge in [0.1, 0.15) is 0 Å². The normalized spacial score (nSPS) is 40.3. The smallest absolute Gasteiger partial charge is 0.226 e. The van der Waals surface area contributed by atoms with E-state index in [0.717, 1.165) is 57.1 Å². The average Bonchev–Trinajstić information content (AvgIpc) is 2.91. The van der Waals surface area contributed by atoms with Crippen LogP contribution in [0.4, 0.5) is 0 Å². The number of hydrogen-bond donors (Lipinski definition) is 1. The molecule has 3 atom stereocenters. The molecule has 114 valence electrons. The van der Waals surface area contributed by atoms with Crippen LogP contribution in [0.15, 0.2) is 0 Å². The number of piperazine rings is 1. The molecule has 0 spiro atoms. The topological polar surface area (TPSA) is 35.6 Å². The van der Waals surface area contributed by atoms with Gasteiger partial charge in [0.25, 0.3) is 0 Å². The van der Waals surface area contributed by atoms with E-state index in [0.29, 0.717) is 11.8 Å². The van der Waals surface area contributed by atoms with Crippen molar-refractivity contribution in [3.8, 4) is 0 Å². The average molecular weight is 300 g/mol. The Hall–Kier alpha value is -0.320. The standard InChI is InChI=1S/C15H25N3O.ClH/c19-15(14-12-2-1-3-13(12)14)18-8-6-17(7-9-18)11-4-5-16-10-11;/h11-14,16H,1-10H2;1H. The molecule has 1 amide bonds. The summed E-state index contributed by atoms with van der Waals surface area (Å²) in [5.41, 5.74) is 0. The molecule has 5 heteroatoms. The molecule has 4 fully saturated rings. The Balaban J connectivity index is 0.00000121. The van der Waals surface area contributed by atoms with Crippen molar-refractivity contribution >= 4 is 18.3 Å². The highest BCUT2D eigenvalue weighted by Crippen LogP contribution is 2.58. The summed E-state index contributed by atoms with van der Waals surface area (Å²) in [6.45, 7) is 6.40. The lowest BCUT2D eigenvalue weighted by Crippen LogP contribution is -2.53. The van der Waals surface area contributed by atoms with E-state index in [2.05, 4.69) is 15.1 Å². The van der Waals surface area contributed by atoms with Crippen LogP contribution in [0.2, 0.25) is 0 Å². The second-order valence-electron chi connectivity index (χ2n) is 6.79. The number of nitrogens with one attached hydrogen (secondary N) is 1. The maximum absolute atomic E-state index is 12.5. The fourth-order valence-electron chi connectivity index (χ4n) is 4.66. The SMILES string of the molecule is Cl.O=C(C1C2CCCC21)N1CCN(C2CCNC2)CC1. The van der Waals surface area contributed by atoms with Crippen LogP contribution in [-0.4, -0.2) is 61.0 Å². The van der Waals surface area contributed by atoms with Crippen LogP contribution >= 0.6 is 12.4 Å². The van der Waals surface area contributed by atoms with Crippen LogP contribution in [0.5, 0.6) is 0 Å². The zero-order chi connectivity index (χ0) is 12.8. The molecule has 2 aliphatic heterocycles. The molecule has 0 aromatic heterocycles. The van der Waals surface area contributed by atoms with Crippen LogP contribution in [0, 0.1) is 17.8 Å². The molecular formula is C15H26ClN3O. The number of amides is 1. The maximum atomic E-state index is 12.5. The third-order valence-electron chi connectivity index (χ3n) is 5.87. The Morgan fingerprint density at radius 3 is 2.30 bits per heavy atom. The van der Waals surface area contributed by atoms with Crippen LogP contribution in [0.1, 0.15) is 25.7 Å². The molecule has 2 saturated carbocycles. The lowest BCUT2D eigenvalue weighted by molar-refractivity contribution is -0.135. The van der Waals surface area contributed by atoms with Crippen molar-refractivity contribution < 1.29 is 4.79 Å². The number of carbonyl (C=O) groups excluding carboxylic acids is 1. The number of rotatable bonds is 2. The number of carbonyl (C=O) groups is 1. The van der Waals surface area contributed by atoms with Crippen LogP contribution in [-0.2, 0) is 4.79 Å². The van der Waals surface area contributed by atoms with E-state index >= 15 is 0 Å². The maximum Gasteiger partial charge on any atom is 0.226 e. The van der Waals surface area contributed by atoms with Crippen molar-refractivity contribution in [2.24, 2.45) is 17.8 Å². The van der Waals surface area contributed by atoms with Crippen molar-refractivity contribution in [3.63, 3.8) is 0 Å². The fraction of sp³-hybridized carbons (Fsp3) is 0.933. The number of halogens is 1. The summed E-state index contributed by atoms with van der Waals surface area (Å²) < 4.78 is 0. The minimum atomic E-state index is 0. The van der Waals surface area contributed by atoms with E-state index in [4.69, 9.17) is 0 Å². The zero-order valence-corrected chi connectivity index (χ0v) is 12.9. The van der Waals surface area contributed by atoms with Crippen LogP contribution in [0.25, 0.3) is 0 Å². The van der Waals surface area contributed by atoms with Crippen molar-refractivity contribution in [2.75, 3.05) is 39.3 Å². The van der Waals surface area contributed by atoms with Crippen LogP contribution < -0.4 is 5.32 Å². The summed E-state index contributed by atoms with van der Waals surface area (Å²) >= 11 is 0. The van der Waals surface area contributed by atoms with Gasteiger partial charge in [0, 0.05) is 44.7 Å². The largest absolute Gasteiger partial charge is 0.340 e. The Kier molecular flexibility index (Phi) is 4.25. The summed E-state index contributed by atoms with van der Waals surface area (Å²) in [5, 5.41) is 3.44. The Morgan fingerprint density at radius 2 is 1.70 bits per heavy atom. The minimum Gasteiger partial charge on any atom is -0.340 e. The third-order valence-corrected chi connectivity index (χ3v) is 5.87. The van der Waals surface area contributed by atoms with Crippen molar-refractivity contribution in [1.29, 1.82) is 0 Å². The van der Waals surface area contributed by atoms with Gasteiger partial charge < -0.3 is 10.2 Å². The second-order valence-corrected chi connectivity index (χ2v) is 6.79. The predicted octanol–water partition coefficient (Wildman–Crippen LogP) is 0.960. The fourth-order valence-corrected chi connectivity index (χ4v) is 4.66. The first-order valence-electron chi connectivity index (χ1n) is 8.08. The highest BCUT2D eigenvalue weighted by atomic mass is 35.5. The molecular weight excluding hydrogens is 274 g/mol. The van der Waals surface area contributed by atoms with Crippen molar-refractivity contribution in [2.45, 2.75) is 31.7 Å². The van der Waals surface area contributed by atoms with Crippen LogP contribution in [0.3, 0.4) is 0 Å². The second kappa shape index (κ2) is 5.82. The molecule has 4 rings (SSSR count). The molecule has 20 heavy (non-hydrogen) atoms. The van der Waals surface area contributed by atoms with Gasteiger partial charge in [-0.1, -0.05) is 6.42 Å². The molecule has 0 radical (unpaired) electrons. The summed E-state index contributed by atoms with van der Waals surface area (Å²) in [6, 6.07) is 0.720. The minimum absolute atomic E-state index is 0. The molecule has 0 aromatic rings. The van der Waals surface area contributed by atoms with E-state index in [1.54, 1.807) is 0 Å². The summed E-state index contributed by atoms with van der Waals surface area (Å²) in [4.78, 5) is 17.2. The first-order chi connectivity index (χ1) is 9.34. The number of fused-ring (bicyclic) bond motifs is 1. The number of nitrogens with zero attached hydrogens (tertiary/aromatic N) is 2. The molecule has 4 aliphatic rings. The van der Waals surface area contributed by atoms with Gasteiger partial charge in [0.2, 0.25) is 5.91 Å². The first-order valence-corrected chi connectivity index (χ1v) is 8.08. The first kappa shape index (κ1) is 14.6. The molecule has 0 aromatic carbocycles. The van der Waals surface area contributed by atoms with E-state index in [-0.39, 0.29) is 12.4 Å². The lowest BCUT2D eigenvalue weighted by atomic mass is 10.1. The van der Waals surface area contributed by atoms with Gasteiger partial charge in [-0.15, -0.1) is 12.4 Å². The lowest BCUT2D eigenvalue weighted by Gasteiger charge is -2.38. The molecule has 2 heterocycles. The highest BCUT2D eigenvalue weighted by Gasteiger charge is 2.57. The van der Waals surface area contributed by atoms with E-state index < -0.39 is 0 Å². The van der Waals surface area contributed by atoms with Crippen molar-refractivity contribution in [1.82, 2.24) is 15.1 Å². The zero-order valence-electron chi connectivity index (χ0n) is 12.1. The van der Waals surface area contributed by atoms with Gasteiger partial charge in [0.05, 0.1) is 0 Å². The number of hydrogen-bond acceptors (Lipinski definition) is 3. The molecule has 0 bridgehead atoms. The molecule has 1 N–H and O–H groups in total. The molecule has 2 aliphatic carbocycles. The predicted molar refractivity (Wildman–Crippen MR) is 81.0 cm³/mol. The molecule has 3 unspecified atom stereocenters. The van der Waals surface area contributed by atoms with Crippen molar-refractivity contribution in [3.05, 3.63) is 0 Å². The summed E-state index contributed by atoms with van der Waals surface area (Å²) in [7, 11) is 0. The van der Waals surface area contributed by atoms with Gasteiger partial charge in [-0.3, -0.25) is 9.69 Å². The van der Waals surface area contributed by atoms with Gasteiger partial charge >= 0.3 is 0 Å². The summed E-state index contributed by atoms with van der Waals surface area (Å²) in [5.74, 6) is 2.45. The van der Waals surface area contributed by atoms with E-state index in [1.807, 2.05) is 0 Å². The summed E-state index contributed by atoms with van der Waals surface area (Å²) in [6.07, 6.45) is 5.27.